The maximum Gasteiger partial charge on any atom is 0.0951 e. The maximum atomic E-state index is 5.90. The number of nitrogen functional groups attached to an aromatic ring is 1. The lowest BCUT2D eigenvalue weighted by Gasteiger charge is -2.16. The molecule has 0 bridgehead atoms. The van der Waals surface area contributed by atoms with Crippen molar-refractivity contribution in [1.82, 2.24) is 4.98 Å². The average molecular weight is 231 g/mol. The Morgan fingerprint density at radius 2 is 2.24 bits per heavy atom. The van der Waals surface area contributed by atoms with Crippen LogP contribution in [0.1, 0.15) is 6.92 Å². The molecular weight excluding hydrogens is 214 g/mol. The number of pyridine rings is 1. The van der Waals surface area contributed by atoms with Gasteiger partial charge in [-0.2, -0.15) is 0 Å². The van der Waals surface area contributed by atoms with Crippen molar-refractivity contribution in [1.29, 1.82) is 0 Å². The topological polar surface area (TPSA) is 60.2 Å². The van der Waals surface area contributed by atoms with Gasteiger partial charge in [0.05, 0.1) is 17.8 Å². The van der Waals surface area contributed by atoms with Crippen LogP contribution in [0.25, 0.3) is 10.9 Å². The highest BCUT2D eigenvalue weighted by Crippen LogP contribution is 2.25. The summed E-state index contributed by atoms with van der Waals surface area (Å²) in [6.45, 7) is 2.73. The minimum Gasteiger partial charge on any atom is -0.397 e. The molecule has 0 saturated heterocycles. The zero-order valence-corrected chi connectivity index (χ0v) is 10.1. The number of para-hydroxylation sites is 1. The lowest BCUT2D eigenvalue weighted by atomic mass is 10.1. The molecule has 0 saturated carbocycles. The minimum atomic E-state index is 0.243. The molecule has 2 rings (SSSR count). The number of aromatic nitrogens is 1. The number of nitrogens with one attached hydrogen (secondary N) is 1. The minimum absolute atomic E-state index is 0.243. The van der Waals surface area contributed by atoms with Crippen LogP contribution in [0.3, 0.4) is 0 Å². The molecule has 4 heteroatoms. The number of fused-ring (bicyclic) bond motifs is 1. The second kappa shape index (κ2) is 5.01. The van der Waals surface area contributed by atoms with Crippen molar-refractivity contribution >= 4 is 22.3 Å². The van der Waals surface area contributed by atoms with Gasteiger partial charge in [0.25, 0.3) is 0 Å². The third kappa shape index (κ3) is 2.47. The second-order valence-corrected chi connectivity index (χ2v) is 4.10. The highest BCUT2D eigenvalue weighted by atomic mass is 16.5. The molecule has 1 heterocycles. The first-order chi connectivity index (χ1) is 8.22. The van der Waals surface area contributed by atoms with Crippen molar-refractivity contribution in [3.63, 3.8) is 0 Å². The molecule has 3 N–H and O–H groups in total. The second-order valence-electron chi connectivity index (χ2n) is 4.10. The van der Waals surface area contributed by atoms with Gasteiger partial charge in [0.15, 0.2) is 0 Å². The van der Waals surface area contributed by atoms with E-state index in [-0.39, 0.29) is 6.04 Å². The van der Waals surface area contributed by atoms with E-state index in [9.17, 15) is 0 Å². The van der Waals surface area contributed by atoms with Crippen LogP contribution in [0.5, 0.6) is 0 Å². The van der Waals surface area contributed by atoms with E-state index in [0.717, 1.165) is 16.6 Å². The third-order valence-corrected chi connectivity index (χ3v) is 2.62. The number of rotatable bonds is 4. The van der Waals surface area contributed by atoms with Gasteiger partial charge in [-0.3, -0.25) is 4.98 Å². The van der Waals surface area contributed by atoms with Gasteiger partial charge in [-0.1, -0.05) is 12.1 Å². The zero-order valence-electron chi connectivity index (χ0n) is 10.1. The van der Waals surface area contributed by atoms with Crippen LogP contribution in [0.2, 0.25) is 0 Å². The molecule has 2 aromatic rings. The summed E-state index contributed by atoms with van der Waals surface area (Å²) in [7, 11) is 1.70. The highest BCUT2D eigenvalue weighted by Gasteiger charge is 2.06. The third-order valence-electron chi connectivity index (χ3n) is 2.62. The molecular formula is C13H17N3O. The number of hydrogen-bond donors (Lipinski definition) is 2. The molecule has 0 aliphatic carbocycles. The Balaban J connectivity index is 2.37. The van der Waals surface area contributed by atoms with Crippen LogP contribution in [-0.2, 0) is 4.74 Å². The van der Waals surface area contributed by atoms with E-state index in [1.54, 1.807) is 13.3 Å². The largest absolute Gasteiger partial charge is 0.397 e. The van der Waals surface area contributed by atoms with Crippen molar-refractivity contribution in [2.24, 2.45) is 0 Å². The number of nitrogens with two attached hydrogens (primary N) is 1. The molecule has 0 spiro atoms. The Hall–Kier alpha value is -1.81. The molecule has 0 radical (unpaired) electrons. The zero-order chi connectivity index (χ0) is 12.3. The lowest BCUT2D eigenvalue weighted by molar-refractivity contribution is 0.190. The van der Waals surface area contributed by atoms with Gasteiger partial charge < -0.3 is 15.8 Å². The predicted octanol–water partition coefficient (Wildman–Crippen LogP) is 2.26. The first-order valence-corrected chi connectivity index (χ1v) is 5.61. The predicted molar refractivity (Wildman–Crippen MR) is 71.1 cm³/mol. The summed E-state index contributed by atoms with van der Waals surface area (Å²) in [5, 5.41) is 4.43. The van der Waals surface area contributed by atoms with Gasteiger partial charge in [0.2, 0.25) is 0 Å². The van der Waals surface area contributed by atoms with E-state index >= 15 is 0 Å². The Morgan fingerprint density at radius 3 is 3.00 bits per heavy atom. The first-order valence-electron chi connectivity index (χ1n) is 5.61. The summed E-state index contributed by atoms with van der Waals surface area (Å²) in [5.74, 6) is 0. The summed E-state index contributed by atoms with van der Waals surface area (Å²) < 4.78 is 5.11. The Kier molecular flexibility index (Phi) is 3.44. The lowest BCUT2D eigenvalue weighted by Crippen LogP contribution is -2.20. The fraction of sp³-hybridized carbons (Fsp3) is 0.308. The smallest absolute Gasteiger partial charge is 0.0951 e. The molecule has 90 valence electrons. The van der Waals surface area contributed by atoms with Crippen LogP contribution < -0.4 is 11.1 Å². The van der Waals surface area contributed by atoms with Crippen molar-refractivity contribution in [2.75, 3.05) is 24.8 Å². The Morgan fingerprint density at radius 1 is 1.41 bits per heavy atom. The molecule has 4 nitrogen and oxygen atoms in total. The average Bonchev–Trinajstić information content (AvgIpc) is 2.31. The van der Waals surface area contributed by atoms with Gasteiger partial charge >= 0.3 is 0 Å². The number of benzene rings is 1. The Bertz CT molecular complexity index is 513. The number of anilines is 2. The molecule has 17 heavy (non-hydrogen) atoms. The molecule has 1 atom stereocenters. The summed E-state index contributed by atoms with van der Waals surface area (Å²) >= 11 is 0. The van der Waals surface area contributed by atoms with Gasteiger partial charge in [-0.25, -0.2) is 0 Å². The van der Waals surface area contributed by atoms with Crippen LogP contribution in [0, 0.1) is 0 Å². The van der Waals surface area contributed by atoms with E-state index in [1.165, 1.54) is 0 Å². The van der Waals surface area contributed by atoms with Crippen molar-refractivity contribution in [2.45, 2.75) is 13.0 Å². The normalized spacial score (nSPS) is 12.6. The van der Waals surface area contributed by atoms with Crippen molar-refractivity contribution in [3.05, 3.63) is 30.5 Å². The van der Waals surface area contributed by atoms with Crippen molar-refractivity contribution in [3.8, 4) is 0 Å². The van der Waals surface area contributed by atoms with E-state index < -0.39 is 0 Å². The summed E-state index contributed by atoms with van der Waals surface area (Å²) in [4.78, 5) is 4.30. The van der Waals surface area contributed by atoms with Crippen LogP contribution in [0.15, 0.2) is 30.5 Å². The summed E-state index contributed by atoms with van der Waals surface area (Å²) in [5.41, 5.74) is 8.47. The number of methoxy groups -OCH3 is 1. The van der Waals surface area contributed by atoms with Gasteiger partial charge in [-0.05, 0) is 19.1 Å². The number of nitrogens with zero attached hydrogens (tertiary/aromatic N) is 1. The van der Waals surface area contributed by atoms with E-state index in [1.807, 2.05) is 24.3 Å². The fourth-order valence-electron chi connectivity index (χ4n) is 1.88. The summed E-state index contributed by atoms with van der Waals surface area (Å²) in [6.07, 6.45) is 1.76. The molecule has 0 aliphatic rings. The SMILES string of the molecule is COCC(C)Nc1ccnc2c(N)cccc12. The first kappa shape index (κ1) is 11.7. The van der Waals surface area contributed by atoms with Crippen LogP contribution in [0.4, 0.5) is 11.4 Å². The highest BCUT2D eigenvalue weighted by molar-refractivity contribution is 5.97. The standard InChI is InChI=1S/C13H17N3O/c1-9(8-17-2)16-12-6-7-15-13-10(12)4-3-5-11(13)14/h3-7,9H,8,14H2,1-2H3,(H,15,16). The fourth-order valence-corrected chi connectivity index (χ4v) is 1.88. The van der Waals surface area contributed by atoms with Crippen LogP contribution in [-0.4, -0.2) is 24.7 Å². The summed E-state index contributed by atoms with van der Waals surface area (Å²) in [6, 6.07) is 8.00. The van der Waals surface area contributed by atoms with Gasteiger partial charge in [0.1, 0.15) is 0 Å². The van der Waals surface area contributed by atoms with E-state index in [2.05, 4.69) is 17.2 Å². The molecule has 0 fully saturated rings. The number of ether oxygens (including phenoxy) is 1. The maximum absolute atomic E-state index is 5.90. The quantitative estimate of drug-likeness (QED) is 0.792. The molecule has 0 amide bonds. The van der Waals surface area contributed by atoms with Crippen LogP contribution >= 0.6 is 0 Å². The molecule has 1 aromatic carbocycles. The molecule has 1 unspecified atom stereocenters. The molecule has 0 aliphatic heterocycles. The van der Waals surface area contributed by atoms with Crippen molar-refractivity contribution < 1.29 is 4.74 Å². The Labute approximate surface area is 101 Å². The van der Waals surface area contributed by atoms with E-state index in [4.69, 9.17) is 10.5 Å². The molecule has 1 aromatic heterocycles. The van der Waals surface area contributed by atoms with E-state index in [0.29, 0.717) is 12.3 Å². The number of hydrogen-bond acceptors (Lipinski definition) is 4. The van der Waals surface area contributed by atoms with Gasteiger partial charge in [0, 0.05) is 30.4 Å². The van der Waals surface area contributed by atoms with Gasteiger partial charge in [-0.15, -0.1) is 0 Å². The monoisotopic (exact) mass is 231 g/mol.